The normalized spacial score (nSPS) is 17.1. The lowest BCUT2D eigenvalue weighted by atomic mass is 10.1. The Morgan fingerprint density at radius 1 is 1.43 bits per heavy atom. The highest BCUT2D eigenvalue weighted by atomic mass is 32.2. The van der Waals surface area contributed by atoms with Crippen LogP contribution in [0.5, 0.6) is 0 Å². The number of fused-ring (bicyclic) bond motifs is 1. The van der Waals surface area contributed by atoms with Gasteiger partial charge >= 0.3 is 5.97 Å². The molecule has 0 aromatic heterocycles. The molecule has 74 valence electrons. The minimum absolute atomic E-state index is 0.0380. The Balaban J connectivity index is 2.63. The number of sulfonamides is 1. The summed E-state index contributed by atoms with van der Waals surface area (Å²) in [6, 6.07) is 4.45. The van der Waals surface area contributed by atoms with Crippen LogP contribution < -0.4 is 4.72 Å². The molecule has 1 aromatic rings. The van der Waals surface area contributed by atoms with Crippen LogP contribution in [0, 0.1) is 0 Å². The Kier molecular flexibility index (Phi) is 1.75. The summed E-state index contributed by atoms with van der Waals surface area (Å²) in [5.41, 5.74) is 0.737. The van der Waals surface area contributed by atoms with Gasteiger partial charge in [-0.1, -0.05) is 6.07 Å². The summed E-state index contributed by atoms with van der Waals surface area (Å²) in [5.74, 6) is -1.37. The number of carbonyl (C=O) groups is 1. The van der Waals surface area contributed by atoms with Crippen LogP contribution in [-0.2, 0) is 15.8 Å². The van der Waals surface area contributed by atoms with Crippen LogP contribution in [0.1, 0.15) is 15.9 Å². The highest BCUT2D eigenvalue weighted by molar-refractivity contribution is 7.92. The minimum atomic E-state index is -3.37. The Morgan fingerprint density at radius 2 is 2.14 bits per heavy atom. The molecule has 1 aliphatic rings. The topological polar surface area (TPSA) is 83.5 Å². The van der Waals surface area contributed by atoms with E-state index in [0.29, 0.717) is 11.3 Å². The smallest absolute Gasteiger partial charge is 0.336 e. The Hall–Kier alpha value is -1.56. The van der Waals surface area contributed by atoms with Crippen molar-refractivity contribution in [2.75, 3.05) is 4.72 Å². The summed E-state index contributed by atoms with van der Waals surface area (Å²) in [7, 11) is -3.37. The first-order chi connectivity index (χ1) is 6.49. The van der Waals surface area contributed by atoms with E-state index in [9.17, 15) is 13.2 Å². The lowest BCUT2D eigenvalue weighted by Crippen LogP contribution is -2.05. The Morgan fingerprint density at radius 3 is 2.79 bits per heavy atom. The molecule has 0 saturated carbocycles. The van der Waals surface area contributed by atoms with E-state index in [0.717, 1.165) is 0 Å². The van der Waals surface area contributed by atoms with Crippen molar-refractivity contribution in [1.29, 1.82) is 0 Å². The van der Waals surface area contributed by atoms with Crippen molar-refractivity contribution in [2.24, 2.45) is 0 Å². The highest BCUT2D eigenvalue weighted by Crippen LogP contribution is 2.29. The zero-order valence-electron chi connectivity index (χ0n) is 7.02. The minimum Gasteiger partial charge on any atom is -0.478 e. The molecule has 0 aliphatic carbocycles. The van der Waals surface area contributed by atoms with E-state index in [1.165, 1.54) is 12.1 Å². The maximum absolute atomic E-state index is 11.2. The van der Waals surface area contributed by atoms with Crippen LogP contribution in [-0.4, -0.2) is 19.5 Å². The fourth-order valence-corrected chi connectivity index (χ4v) is 2.72. The largest absolute Gasteiger partial charge is 0.478 e. The Bertz CT molecular complexity index is 506. The van der Waals surface area contributed by atoms with Gasteiger partial charge < -0.3 is 5.11 Å². The van der Waals surface area contributed by atoms with E-state index in [4.69, 9.17) is 5.11 Å². The van der Waals surface area contributed by atoms with Crippen LogP contribution in [0.25, 0.3) is 0 Å². The molecule has 0 fully saturated rings. The molecule has 2 N–H and O–H groups in total. The van der Waals surface area contributed by atoms with Crippen molar-refractivity contribution >= 4 is 21.7 Å². The number of anilines is 1. The molecule has 5 nitrogen and oxygen atoms in total. The molecule has 14 heavy (non-hydrogen) atoms. The number of hydrogen-bond acceptors (Lipinski definition) is 3. The highest BCUT2D eigenvalue weighted by Gasteiger charge is 2.27. The van der Waals surface area contributed by atoms with E-state index in [1.807, 2.05) is 0 Å². The molecule has 0 spiro atoms. The van der Waals surface area contributed by atoms with Gasteiger partial charge in [-0.05, 0) is 12.1 Å². The number of hydrogen-bond donors (Lipinski definition) is 2. The second kappa shape index (κ2) is 2.71. The van der Waals surface area contributed by atoms with Crippen molar-refractivity contribution in [1.82, 2.24) is 0 Å². The maximum atomic E-state index is 11.2. The first-order valence-electron chi connectivity index (χ1n) is 3.85. The second-order valence-corrected chi connectivity index (χ2v) is 4.72. The molecule has 0 unspecified atom stereocenters. The summed E-state index contributed by atoms with van der Waals surface area (Å²) in [6.45, 7) is 0. The molecular weight excluding hydrogens is 206 g/mol. The summed E-state index contributed by atoms with van der Waals surface area (Å²) in [4.78, 5) is 10.7. The van der Waals surface area contributed by atoms with Crippen LogP contribution >= 0.6 is 0 Å². The summed E-state index contributed by atoms with van der Waals surface area (Å²) < 4.78 is 24.6. The lowest BCUT2D eigenvalue weighted by Gasteiger charge is -2.00. The van der Waals surface area contributed by atoms with E-state index in [-0.39, 0.29) is 11.3 Å². The standard InChI is InChI=1S/C8H7NO4S/c10-8(11)5-2-1-3-7-6(5)4-14(12,13)9-7/h1-3,9H,4H2,(H,10,11). The van der Waals surface area contributed by atoms with Crippen molar-refractivity contribution in [3.05, 3.63) is 29.3 Å². The third-order valence-electron chi connectivity index (χ3n) is 2.01. The van der Waals surface area contributed by atoms with E-state index >= 15 is 0 Å². The average molecular weight is 213 g/mol. The van der Waals surface area contributed by atoms with Gasteiger partial charge in [0.15, 0.2) is 0 Å². The molecule has 0 bridgehead atoms. The maximum Gasteiger partial charge on any atom is 0.336 e. The molecule has 0 saturated heterocycles. The van der Waals surface area contributed by atoms with Crippen LogP contribution in [0.3, 0.4) is 0 Å². The first kappa shape index (κ1) is 9.01. The van der Waals surface area contributed by atoms with Gasteiger partial charge in [0.1, 0.15) is 0 Å². The van der Waals surface area contributed by atoms with Gasteiger partial charge in [0.2, 0.25) is 10.0 Å². The van der Waals surface area contributed by atoms with Crippen molar-refractivity contribution in [3.63, 3.8) is 0 Å². The molecule has 1 heterocycles. The van der Waals surface area contributed by atoms with Gasteiger partial charge in [-0.2, -0.15) is 0 Å². The third kappa shape index (κ3) is 1.33. The SMILES string of the molecule is O=C(O)c1cccc2c1CS(=O)(=O)N2. The van der Waals surface area contributed by atoms with Crippen molar-refractivity contribution < 1.29 is 18.3 Å². The molecule has 1 aliphatic heterocycles. The first-order valence-corrected chi connectivity index (χ1v) is 5.50. The van der Waals surface area contributed by atoms with Crippen LogP contribution in [0.4, 0.5) is 5.69 Å². The van der Waals surface area contributed by atoms with E-state index < -0.39 is 16.0 Å². The third-order valence-corrected chi connectivity index (χ3v) is 3.21. The van der Waals surface area contributed by atoms with Gasteiger partial charge in [0.25, 0.3) is 0 Å². The molecule has 0 atom stereocenters. The van der Waals surface area contributed by atoms with Crippen LogP contribution in [0.15, 0.2) is 18.2 Å². The molecular formula is C8H7NO4S. The van der Waals surface area contributed by atoms with Gasteiger partial charge in [-0.3, -0.25) is 4.72 Å². The number of aromatic carboxylic acids is 1. The fraction of sp³-hybridized carbons (Fsp3) is 0.125. The zero-order valence-corrected chi connectivity index (χ0v) is 7.84. The van der Waals surface area contributed by atoms with Gasteiger partial charge in [-0.15, -0.1) is 0 Å². The second-order valence-electron chi connectivity index (χ2n) is 3.00. The van der Waals surface area contributed by atoms with Gasteiger partial charge in [-0.25, -0.2) is 13.2 Å². The summed E-state index contributed by atoms with van der Waals surface area (Å²) >= 11 is 0. The molecule has 0 amide bonds. The van der Waals surface area contributed by atoms with E-state index in [2.05, 4.69) is 4.72 Å². The quantitative estimate of drug-likeness (QED) is 0.717. The summed E-state index contributed by atoms with van der Waals surface area (Å²) in [6.07, 6.45) is 0. The number of carboxylic acids is 1. The van der Waals surface area contributed by atoms with E-state index in [1.54, 1.807) is 6.07 Å². The fourth-order valence-electron chi connectivity index (χ4n) is 1.43. The molecule has 0 radical (unpaired) electrons. The van der Waals surface area contributed by atoms with Gasteiger partial charge in [0.05, 0.1) is 17.0 Å². The molecule has 1 aromatic carbocycles. The monoisotopic (exact) mass is 213 g/mol. The number of benzene rings is 1. The van der Waals surface area contributed by atoms with Crippen molar-refractivity contribution in [3.8, 4) is 0 Å². The average Bonchev–Trinajstić information content (AvgIpc) is 2.36. The van der Waals surface area contributed by atoms with Gasteiger partial charge in [0, 0.05) is 5.56 Å². The lowest BCUT2D eigenvalue weighted by molar-refractivity contribution is 0.0696. The predicted octanol–water partition coefficient (Wildman–Crippen LogP) is 0.640. The summed E-state index contributed by atoms with van der Waals surface area (Å²) in [5, 5.41) is 8.80. The van der Waals surface area contributed by atoms with Crippen LogP contribution in [0.2, 0.25) is 0 Å². The predicted molar refractivity (Wildman–Crippen MR) is 49.6 cm³/mol. The molecule has 2 rings (SSSR count). The van der Waals surface area contributed by atoms with Crippen molar-refractivity contribution in [2.45, 2.75) is 5.75 Å². The Labute approximate surface area is 80.4 Å². The zero-order chi connectivity index (χ0) is 10.3. The number of rotatable bonds is 1. The number of carboxylic acid groups (broad SMARTS) is 1. The molecule has 6 heteroatoms. The number of nitrogens with one attached hydrogen (secondary N) is 1.